The van der Waals surface area contributed by atoms with Gasteiger partial charge in [0.25, 0.3) is 0 Å². The first-order valence-corrected chi connectivity index (χ1v) is 13.2. The molecule has 0 amide bonds. The third-order valence-electron chi connectivity index (χ3n) is 6.39. The van der Waals surface area contributed by atoms with E-state index in [1.54, 1.807) is 121 Å². The van der Waals surface area contributed by atoms with E-state index in [1.807, 2.05) is 0 Å². The van der Waals surface area contributed by atoms with Crippen molar-refractivity contribution in [1.29, 1.82) is 0 Å². The van der Waals surface area contributed by atoms with Crippen molar-refractivity contribution in [2.75, 3.05) is 6.61 Å². The zero-order valence-electron chi connectivity index (χ0n) is 22.2. The topological polar surface area (TPSA) is 114 Å². The fourth-order valence-corrected chi connectivity index (χ4v) is 4.28. The summed E-state index contributed by atoms with van der Waals surface area (Å²) >= 11 is 0. The molecule has 1 fully saturated rings. The van der Waals surface area contributed by atoms with Crippen LogP contribution in [0.3, 0.4) is 0 Å². The number of rotatable bonds is 9. The summed E-state index contributed by atoms with van der Waals surface area (Å²) in [6, 6.07) is 32.8. The van der Waals surface area contributed by atoms with Crippen LogP contribution in [0, 0.1) is 0 Å². The van der Waals surface area contributed by atoms with Gasteiger partial charge in [0.2, 0.25) is 12.4 Å². The Morgan fingerprint density at radius 1 is 0.476 bits per heavy atom. The highest BCUT2D eigenvalue weighted by molar-refractivity contribution is 5.91. The van der Waals surface area contributed by atoms with E-state index >= 15 is 0 Å². The lowest BCUT2D eigenvalue weighted by Crippen LogP contribution is -2.42. The molecule has 9 heteroatoms. The zero-order chi connectivity index (χ0) is 29.3. The van der Waals surface area contributed by atoms with Gasteiger partial charge in [-0.2, -0.15) is 0 Å². The Morgan fingerprint density at radius 2 is 0.833 bits per heavy atom. The Bertz CT molecular complexity index is 1510. The standard InChI is InChI=1S/C33H26O9/c34-29(22-13-5-1-6-14-22)38-21-26-27(40-30(35)23-15-7-2-8-16-23)28(41-31(36)24-17-9-3-10-18-24)33(39-26)42-32(37)25-19-11-4-12-20-25/h1-20,26-28,33H,21H2/t26-,27-,28?,33?/m1/s1. The molecular formula is C33H26O9. The van der Waals surface area contributed by atoms with Crippen LogP contribution in [0.1, 0.15) is 41.4 Å². The molecule has 1 heterocycles. The predicted molar refractivity (Wildman–Crippen MR) is 149 cm³/mol. The van der Waals surface area contributed by atoms with Gasteiger partial charge in [0.15, 0.2) is 6.10 Å². The molecule has 4 aromatic rings. The van der Waals surface area contributed by atoms with Crippen LogP contribution >= 0.6 is 0 Å². The maximum absolute atomic E-state index is 13.1. The van der Waals surface area contributed by atoms with E-state index in [9.17, 15) is 19.2 Å². The van der Waals surface area contributed by atoms with E-state index < -0.39 is 48.5 Å². The van der Waals surface area contributed by atoms with E-state index in [0.717, 1.165) is 0 Å². The van der Waals surface area contributed by atoms with Gasteiger partial charge < -0.3 is 23.7 Å². The minimum atomic E-state index is -1.49. The van der Waals surface area contributed by atoms with Crippen molar-refractivity contribution in [3.63, 3.8) is 0 Å². The van der Waals surface area contributed by atoms with Gasteiger partial charge in [0.05, 0.1) is 22.3 Å². The summed E-state index contributed by atoms with van der Waals surface area (Å²) in [5.74, 6) is -2.89. The average Bonchev–Trinajstić information content (AvgIpc) is 3.35. The van der Waals surface area contributed by atoms with Gasteiger partial charge in [0, 0.05) is 0 Å². The Labute approximate surface area is 241 Å². The van der Waals surface area contributed by atoms with Crippen LogP contribution in [-0.2, 0) is 23.7 Å². The number of ether oxygens (including phenoxy) is 5. The maximum Gasteiger partial charge on any atom is 0.340 e. The fourth-order valence-electron chi connectivity index (χ4n) is 4.28. The predicted octanol–water partition coefficient (Wildman–Crippen LogP) is 4.88. The van der Waals surface area contributed by atoms with Gasteiger partial charge in [-0.1, -0.05) is 72.8 Å². The summed E-state index contributed by atoms with van der Waals surface area (Å²) in [7, 11) is 0. The van der Waals surface area contributed by atoms with Crippen LogP contribution in [0.15, 0.2) is 121 Å². The lowest BCUT2D eigenvalue weighted by atomic mass is 10.1. The van der Waals surface area contributed by atoms with Crippen LogP contribution in [0.5, 0.6) is 0 Å². The number of hydrogen-bond acceptors (Lipinski definition) is 9. The van der Waals surface area contributed by atoms with E-state index in [2.05, 4.69) is 0 Å². The second-order valence-corrected chi connectivity index (χ2v) is 9.25. The number of esters is 4. The quantitative estimate of drug-likeness (QED) is 0.207. The number of carbonyl (C=O) groups excluding carboxylic acids is 4. The third-order valence-corrected chi connectivity index (χ3v) is 6.39. The number of benzene rings is 4. The van der Waals surface area contributed by atoms with E-state index in [1.165, 1.54) is 0 Å². The molecule has 42 heavy (non-hydrogen) atoms. The molecular weight excluding hydrogens is 540 g/mol. The van der Waals surface area contributed by atoms with Gasteiger partial charge in [-0.25, -0.2) is 19.2 Å². The van der Waals surface area contributed by atoms with E-state index in [4.69, 9.17) is 23.7 Å². The lowest BCUT2D eigenvalue weighted by molar-refractivity contribution is -0.141. The first-order chi connectivity index (χ1) is 20.5. The summed E-state index contributed by atoms with van der Waals surface area (Å²) in [4.78, 5) is 51.9. The van der Waals surface area contributed by atoms with Crippen molar-refractivity contribution in [2.45, 2.75) is 24.6 Å². The summed E-state index contributed by atoms with van der Waals surface area (Å²) in [5.41, 5.74) is 0.978. The molecule has 9 nitrogen and oxygen atoms in total. The monoisotopic (exact) mass is 566 g/mol. The van der Waals surface area contributed by atoms with E-state index in [-0.39, 0.29) is 23.3 Å². The first kappa shape index (κ1) is 28.3. The average molecular weight is 567 g/mol. The first-order valence-electron chi connectivity index (χ1n) is 13.2. The zero-order valence-corrected chi connectivity index (χ0v) is 22.2. The lowest BCUT2D eigenvalue weighted by Gasteiger charge is -2.24. The van der Waals surface area contributed by atoms with Crippen LogP contribution < -0.4 is 0 Å². The molecule has 2 unspecified atom stereocenters. The minimum absolute atomic E-state index is 0.220. The second-order valence-electron chi connectivity index (χ2n) is 9.25. The van der Waals surface area contributed by atoms with Crippen molar-refractivity contribution in [3.8, 4) is 0 Å². The van der Waals surface area contributed by atoms with Crippen LogP contribution in [0.2, 0.25) is 0 Å². The van der Waals surface area contributed by atoms with Gasteiger partial charge in [-0.3, -0.25) is 0 Å². The maximum atomic E-state index is 13.1. The second kappa shape index (κ2) is 13.4. The molecule has 0 radical (unpaired) electrons. The normalized spacial score (nSPS) is 19.3. The SMILES string of the molecule is O=C(OC[C@H]1OC(OC(=O)c2ccccc2)C(OC(=O)c2ccccc2)[C@@H]1OC(=O)c1ccccc1)c1ccccc1. The van der Waals surface area contributed by atoms with Crippen molar-refractivity contribution in [1.82, 2.24) is 0 Å². The Morgan fingerprint density at radius 3 is 1.26 bits per heavy atom. The molecule has 0 saturated carbocycles. The molecule has 0 aliphatic carbocycles. The molecule has 5 rings (SSSR count). The summed E-state index contributed by atoms with van der Waals surface area (Å²) in [5, 5.41) is 0. The highest BCUT2D eigenvalue weighted by atomic mass is 16.8. The van der Waals surface area contributed by atoms with Crippen LogP contribution in [-0.4, -0.2) is 55.1 Å². The number of hydrogen-bond donors (Lipinski definition) is 0. The minimum Gasteiger partial charge on any atom is -0.459 e. The molecule has 1 saturated heterocycles. The van der Waals surface area contributed by atoms with Crippen LogP contribution in [0.25, 0.3) is 0 Å². The van der Waals surface area contributed by atoms with Gasteiger partial charge in [-0.15, -0.1) is 0 Å². The smallest absolute Gasteiger partial charge is 0.340 e. The Kier molecular flexibility index (Phi) is 9.00. The molecule has 0 spiro atoms. The van der Waals surface area contributed by atoms with Gasteiger partial charge >= 0.3 is 23.9 Å². The molecule has 212 valence electrons. The van der Waals surface area contributed by atoms with Crippen molar-refractivity contribution < 1.29 is 42.9 Å². The highest BCUT2D eigenvalue weighted by Gasteiger charge is 2.52. The number of carbonyl (C=O) groups is 4. The molecule has 0 N–H and O–H groups in total. The summed E-state index contributed by atoms with van der Waals surface area (Å²) < 4.78 is 28.6. The molecule has 0 aromatic heterocycles. The van der Waals surface area contributed by atoms with Crippen molar-refractivity contribution >= 4 is 23.9 Å². The fraction of sp³-hybridized carbons (Fsp3) is 0.152. The molecule has 0 bridgehead atoms. The molecule has 1 aliphatic heterocycles. The molecule has 1 aliphatic rings. The third kappa shape index (κ3) is 6.89. The van der Waals surface area contributed by atoms with Crippen LogP contribution in [0.4, 0.5) is 0 Å². The molecule has 4 aromatic carbocycles. The highest BCUT2D eigenvalue weighted by Crippen LogP contribution is 2.30. The Balaban J connectivity index is 1.43. The summed E-state index contributed by atoms with van der Waals surface area (Å²) in [6.07, 6.45) is -5.33. The largest absolute Gasteiger partial charge is 0.459 e. The van der Waals surface area contributed by atoms with Gasteiger partial charge in [-0.05, 0) is 48.5 Å². The Hall–Kier alpha value is -5.28. The van der Waals surface area contributed by atoms with Gasteiger partial charge in [0.1, 0.15) is 12.7 Å². The summed E-state index contributed by atoms with van der Waals surface area (Å²) in [6.45, 7) is -0.390. The molecule has 4 atom stereocenters. The van der Waals surface area contributed by atoms with Crippen molar-refractivity contribution in [2.24, 2.45) is 0 Å². The van der Waals surface area contributed by atoms with E-state index in [0.29, 0.717) is 5.56 Å². The van der Waals surface area contributed by atoms with Crippen molar-refractivity contribution in [3.05, 3.63) is 144 Å².